The van der Waals surface area contributed by atoms with Gasteiger partial charge in [0.1, 0.15) is 5.82 Å². The van der Waals surface area contributed by atoms with E-state index in [1.807, 2.05) is 24.3 Å². The van der Waals surface area contributed by atoms with Crippen LogP contribution in [-0.4, -0.2) is 35.1 Å². The quantitative estimate of drug-likeness (QED) is 0.384. The fourth-order valence-corrected chi connectivity index (χ4v) is 5.65. The lowest BCUT2D eigenvalue weighted by Crippen LogP contribution is -2.31. The van der Waals surface area contributed by atoms with E-state index in [4.69, 9.17) is 15.9 Å². The van der Waals surface area contributed by atoms with Crippen LogP contribution in [0.4, 0.5) is 10.1 Å². The van der Waals surface area contributed by atoms with Crippen LogP contribution >= 0.6 is 0 Å². The van der Waals surface area contributed by atoms with Crippen LogP contribution in [0.2, 0.25) is 0 Å². The number of aliphatic carboxylic acids is 1. The standard InChI is InChI=1S/C27H30FN3O3/c1-15-8-20(2-3-23(15)28)31-25-12-19(14-29)24(30)13-21(25)22(11-16-9-18(10-16)27(32)33)26(31)17-4-6-34-7-5-17/h2-3,8,12-14,16-18,29H,4-7,9-11,30H2,1H3,(H,32,33)/p+1. The molecule has 5 N–H and O–H groups in total. The molecule has 1 aliphatic carbocycles. The third-order valence-corrected chi connectivity index (χ3v) is 7.58. The highest BCUT2D eigenvalue weighted by Crippen LogP contribution is 2.44. The van der Waals surface area contributed by atoms with Crippen molar-refractivity contribution >= 4 is 28.8 Å². The largest absolute Gasteiger partial charge is 0.481 e. The van der Waals surface area contributed by atoms with E-state index in [0.717, 1.165) is 41.4 Å². The molecule has 1 aliphatic heterocycles. The van der Waals surface area contributed by atoms with Crippen LogP contribution < -0.4 is 11.1 Å². The number of hydrogen-bond acceptors (Lipinski definition) is 3. The molecular formula is C27H31FN3O3+. The Morgan fingerprint density at radius 1 is 1.26 bits per heavy atom. The van der Waals surface area contributed by atoms with Gasteiger partial charge in [0.2, 0.25) is 0 Å². The molecule has 1 saturated heterocycles. The molecule has 0 unspecified atom stereocenters. The second kappa shape index (κ2) is 8.87. The van der Waals surface area contributed by atoms with Gasteiger partial charge in [0, 0.05) is 41.6 Å². The Kier molecular flexibility index (Phi) is 5.90. The number of aryl methyl sites for hydroxylation is 1. The zero-order valence-corrected chi connectivity index (χ0v) is 19.4. The first-order chi connectivity index (χ1) is 16.4. The van der Waals surface area contributed by atoms with Crippen LogP contribution in [0.5, 0.6) is 0 Å². The predicted molar refractivity (Wildman–Crippen MR) is 130 cm³/mol. The van der Waals surface area contributed by atoms with E-state index in [-0.39, 0.29) is 17.7 Å². The number of nitrogens with two attached hydrogens (primary N) is 2. The number of halogens is 1. The Bertz CT molecular complexity index is 1270. The Morgan fingerprint density at radius 3 is 2.65 bits per heavy atom. The number of fused-ring (bicyclic) bond motifs is 1. The summed E-state index contributed by atoms with van der Waals surface area (Å²) >= 11 is 0. The van der Waals surface area contributed by atoms with Crippen LogP contribution in [0.15, 0.2) is 30.3 Å². The second-order valence-electron chi connectivity index (χ2n) is 9.76. The second-order valence-corrected chi connectivity index (χ2v) is 9.76. The van der Waals surface area contributed by atoms with Gasteiger partial charge in [0.25, 0.3) is 0 Å². The van der Waals surface area contributed by atoms with E-state index in [1.54, 1.807) is 6.92 Å². The summed E-state index contributed by atoms with van der Waals surface area (Å²) in [6, 6.07) is 9.22. The first kappa shape index (κ1) is 22.6. The predicted octanol–water partition coefficient (Wildman–Crippen LogP) is 3.39. The molecule has 0 radical (unpaired) electrons. The van der Waals surface area contributed by atoms with E-state index >= 15 is 0 Å². The van der Waals surface area contributed by atoms with Gasteiger partial charge >= 0.3 is 5.97 Å². The summed E-state index contributed by atoms with van der Waals surface area (Å²) in [5, 5.41) is 16.3. The fourth-order valence-electron chi connectivity index (χ4n) is 5.65. The number of carbonyl (C=O) groups is 1. The normalized spacial score (nSPS) is 20.9. The third-order valence-electron chi connectivity index (χ3n) is 7.58. The Hall–Kier alpha value is -3.19. The molecule has 0 bridgehead atoms. The van der Waals surface area contributed by atoms with E-state index < -0.39 is 5.97 Å². The monoisotopic (exact) mass is 464 g/mol. The zero-order chi connectivity index (χ0) is 24.0. The van der Waals surface area contributed by atoms with Crippen molar-refractivity contribution in [3.63, 3.8) is 0 Å². The van der Waals surface area contributed by atoms with Gasteiger partial charge in [-0.1, -0.05) is 0 Å². The lowest BCUT2D eigenvalue weighted by Gasteiger charge is -2.33. The smallest absolute Gasteiger partial charge is 0.306 e. The molecule has 178 valence electrons. The average molecular weight is 465 g/mol. The summed E-state index contributed by atoms with van der Waals surface area (Å²) in [4.78, 5) is 11.4. The van der Waals surface area contributed by atoms with Crippen LogP contribution in [0.25, 0.3) is 16.6 Å². The zero-order valence-electron chi connectivity index (χ0n) is 19.4. The molecule has 0 spiro atoms. The highest BCUT2D eigenvalue weighted by atomic mass is 19.1. The number of hydrogen-bond donors (Lipinski definition) is 3. The number of nitrogens with zero attached hydrogens (tertiary/aromatic N) is 1. The summed E-state index contributed by atoms with van der Waals surface area (Å²) in [5.74, 6) is -0.605. The van der Waals surface area contributed by atoms with Crippen molar-refractivity contribution in [2.24, 2.45) is 11.8 Å². The van der Waals surface area contributed by atoms with Crippen molar-refractivity contribution in [3.8, 4) is 5.69 Å². The Morgan fingerprint density at radius 2 is 2.00 bits per heavy atom. The van der Waals surface area contributed by atoms with Gasteiger partial charge in [-0.05, 0) is 86.4 Å². The van der Waals surface area contributed by atoms with E-state index in [1.165, 1.54) is 23.5 Å². The number of anilines is 1. The number of rotatable bonds is 6. The molecule has 7 heteroatoms. The molecule has 0 amide bonds. The van der Waals surface area contributed by atoms with Gasteiger partial charge in [-0.3, -0.25) is 10.2 Å². The average Bonchev–Trinajstić information content (AvgIpc) is 3.10. The van der Waals surface area contributed by atoms with E-state index in [2.05, 4.69) is 4.57 Å². The van der Waals surface area contributed by atoms with Gasteiger partial charge in [-0.25, -0.2) is 4.39 Å². The highest BCUT2D eigenvalue weighted by molar-refractivity contribution is 5.97. The maximum atomic E-state index is 14.2. The summed E-state index contributed by atoms with van der Waals surface area (Å²) in [6.07, 6.45) is 5.49. The summed E-state index contributed by atoms with van der Waals surface area (Å²) in [7, 11) is 0. The molecule has 2 fully saturated rings. The van der Waals surface area contributed by atoms with Crippen LogP contribution in [0, 0.1) is 24.6 Å². The fraction of sp³-hybridized carbons (Fsp3) is 0.407. The SMILES string of the molecule is Cc1cc(-n2c(C3CCOCC3)c(CC3CC(C(=O)O)C3)c3cc(N)c(C=[NH2+])cc32)ccc1F. The van der Waals surface area contributed by atoms with Crippen LogP contribution in [-0.2, 0) is 16.0 Å². The number of carboxylic acids is 1. The van der Waals surface area contributed by atoms with Crippen molar-refractivity contribution in [3.05, 3.63) is 58.5 Å². The molecule has 1 saturated carbocycles. The van der Waals surface area contributed by atoms with E-state index in [9.17, 15) is 14.3 Å². The number of carboxylic acid groups (broad SMARTS) is 1. The maximum Gasteiger partial charge on any atom is 0.306 e. The molecule has 5 rings (SSSR count). The van der Waals surface area contributed by atoms with Crippen LogP contribution in [0.3, 0.4) is 0 Å². The number of nitrogen functional groups attached to an aromatic ring is 1. The summed E-state index contributed by atoms with van der Waals surface area (Å²) in [5.41, 5.74) is 12.6. The van der Waals surface area contributed by atoms with Crippen molar-refractivity contribution in [2.75, 3.05) is 18.9 Å². The number of aromatic nitrogens is 1. The summed E-state index contributed by atoms with van der Waals surface area (Å²) in [6.45, 7) is 3.17. The molecule has 1 aromatic heterocycles. The topological polar surface area (TPSA) is 103 Å². The molecule has 2 aliphatic rings. The van der Waals surface area contributed by atoms with Crippen molar-refractivity contribution in [1.82, 2.24) is 4.57 Å². The lowest BCUT2D eigenvalue weighted by atomic mass is 9.71. The van der Waals surface area contributed by atoms with Gasteiger partial charge in [-0.15, -0.1) is 0 Å². The van der Waals surface area contributed by atoms with Crippen molar-refractivity contribution < 1.29 is 24.4 Å². The Balaban J connectivity index is 1.73. The Labute approximate surface area is 198 Å². The molecule has 2 aromatic carbocycles. The third kappa shape index (κ3) is 3.88. The molecule has 2 heterocycles. The van der Waals surface area contributed by atoms with E-state index in [0.29, 0.717) is 43.2 Å². The molecule has 0 atom stereocenters. The lowest BCUT2D eigenvalue weighted by molar-refractivity contribution is -0.146. The van der Waals surface area contributed by atoms with Gasteiger partial charge in [0.15, 0.2) is 6.21 Å². The van der Waals surface area contributed by atoms with Gasteiger partial charge in [0.05, 0.1) is 17.0 Å². The van der Waals surface area contributed by atoms with Crippen LogP contribution in [0.1, 0.15) is 54.0 Å². The summed E-state index contributed by atoms with van der Waals surface area (Å²) < 4.78 is 22.1. The first-order valence-corrected chi connectivity index (χ1v) is 12.0. The molecular weight excluding hydrogens is 433 g/mol. The van der Waals surface area contributed by atoms with Gasteiger partial charge in [-0.2, -0.15) is 0 Å². The molecule has 6 nitrogen and oxygen atoms in total. The van der Waals surface area contributed by atoms with Crippen molar-refractivity contribution in [2.45, 2.75) is 44.9 Å². The number of ether oxygens (including phenoxy) is 1. The minimum Gasteiger partial charge on any atom is -0.481 e. The minimum atomic E-state index is -0.711. The van der Waals surface area contributed by atoms with Crippen molar-refractivity contribution in [1.29, 1.82) is 0 Å². The number of benzene rings is 2. The first-order valence-electron chi connectivity index (χ1n) is 12.0. The van der Waals surface area contributed by atoms with Gasteiger partial charge < -0.3 is 20.1 Å². The molecule has 3 aromatic rings. The highest BCUT2D eigenvalue weighted by Gasteiger charge is 2.37. The maximum absolute atomic E-state index is 14.2. The minimum absolute atomic E-state index is 0.234. The molecule has 34 heavy (non-hydrogen) atoms.